The fourth-order valence-electron chi connectivity index (χ4n) is 3.26. The van der Waals surface area contributed by atoms with Crippen LogP contribution in [0.3, 0.4) is 0 Å². The van der Waals surface area contributed by atoms with Gasteiger partial charge in [0.25, 0.3) is 10.0 Å². The van der Waals surface area contributed by atoms with Gasteiger partial charge in [0.05, 0.1) is 17.5 Å². The number of nitrogens with one attached hydrogen (secondary N) is 1. The number of alkyl halides is 3. The highest BCUT2D eigenvalue weighted by Crippen LogP contribution is 2.30. The summed E-state index contributed by atoms with van der Waals surface area (Å²) >= 11 is 0. The van der Waals surface area contributed by atoms with E-state index in [-0.39, 0.29) is 4.90 Å². The summed E-state index contributed by atoms with van der Waals surface area (Å²) in [6.07, 6.45) is -2.50. The molecule has 1 aromatic heterocycles. The highest BCUT2D eigenvalue weighted by Gasteiger charge is 2.38. The number of nitrogens with zero attached hydrogens (tertiary/aromatic N) is 1. The molecule has 7 nitrogen and oxygen atoms in total. The molecule has 0 amide bonds. The molecule has 1 aliphatic heterocycles. The van der Waals surface area contributed by atoms with Crippen LogP contribution in [-0.2, 0) is 27.8 Å². The molecule has 1 aliphatic rings. The molecule has 0 saturated carbocycles. The van der Waals surface area contributed by atoms with E-state index in [1.165, 1.54) is 3.97 Å². The number of carbonyl (C=O) groups is 1. The fourth-order valence-corrected chi connectivity index (χ4v) is 4.64. The van der Waals surface area contributed by atoms with Crippen LogP contribution in [0.5, 0.6) is 5.75 Å². The standard InChI is InChI=1S/C18H18N2O3S.C2HF3O2/c1-23-15-5-7-16(8-6-15)24(21,22)20-12-14-9-10-19-11-13-3-2-4-17(20)18(13)14;3-2(4,5)1(6)7/h2-8,12,19H,9-11H2,1H3;(H,6,7). The molecule has 166 valence electrons. The fraction of sp³-hybridized carbons (Fsp3) is 0.250. The van der Waals surface area contributed by atoms with Gasteiger partial charge in [-0.25, -0.2) is 17.2 Å². The summed E-state index contributed by atoms with van der Waals surface area (Å²) in [7, 11) is -2.08. The van der Waals surface area contributed by atoms with Crippen LogP contribution in [0, 0.1) is 0 Å². The van der Waals surface area contributed by atoms with Gasteiger partial charge in [-0.05, 0) is 54.4 Å². The molecule has 11 heteroatoms. The van der Waals surface area contributed by atoms with Crippen LogP contribution >= 0.6 is 0 Å². The zero-order valence-electron chi connectivity index (χ0n) is 16.3. The van der Waals surface area contributed by atoms with E-state index in [1.807, 2.05) is 12.1 Å². The minimum Gasteiger partial charge on any atom is -0.497 e. The molecule has 0 fully saturated rings. The third-order valence-corrected chi connectivity index (χ3v) is 6.39. The van der Waals surface area contributed by atoms with Crippen molar-refractivity contribution in [2.45, 2.75) is 24.0 Å². The lowest BCUT2D eigenvalue weighted by Crippen LogP contribution is -2.21. The maximum Gasteiger partial charge on any atom is 0.490 e. The van der Waals surface area contributed by atoms with E-state index in [0.29, 0.717) is 5.75 Å². The molecule has 4 rings (SSSR count). The van der Waals surface area contributed by atoms with Gasteiger partial charge in [0, 0.05) is 18.1 Å². The van der Waals surface area contributed by atoms with E-state index >= 15 is 0 Å². The SMILES string of the molecule is COc1ccc(S(=O)(=O)n2cc3c4c(cccc42)CNCC3)cc1.O=C(O)C(F)(F)F. The third kappa shape index (κ3) is 4.67. The Balaban J connectivity index is 0.000000339. The molecule has 3 aromatic rings. The van der Waals surface area contributed by atoms with Crippen molar-refractivity contribution in [1.82, 2.24) is 9.29 Å². The van der Waals surface area contributed by atoms with Crippen molar-refractivity contribution < 1.29 is 36.2 Å². The maximum absolute atomic E-state index is 13.1. The lowest BCUT2D eigenvalue weighted by atomic mass is 10.1. The summed E-state index contributed by atoms with van der Waals surface area (Å²) in [4.78, 5) is 9.15. The Morgan fingerprint density at radius 3 is 2.35 bits per heavy atom. The maximum atomic E-state index is 13.1. The first-order chi connectivity index (χ1) is 14.6. The number of benzene rings is 2. The first-order valence-electron chi connectivity index (χ1n) is 9.08. The molecule has 0 aliphatic carbocycles. The van der Waals surface area contributed by atoms with Gasteiger partial charge in [-0.3, -0.25) is 0 Å². The highest BCUT2D eigenvalue weighted by atomic mass is 32.2. The van der Waals surface area contributed by atoms with Crippen LogP contribution in [-0.4, -0.2) is 43.3 Å². The second-order valence-corrected chi connectivity index (χ2v) is 8.49. The van der Waals surface area contributed by atoms with E-state index in [4.69, 9.17) is 14.6 Å². The lowest BCUT2D eigenvalue weighted by Gasteiger charge is -2.09. The van der Waals surface area contributed by atoms with Crippen molar-refractivity contribution in [3.05, 3.63) is 59.8 Å². The minimum atomic E-state index is -5.08. The van der Waals surface area contributed by atoms with Gasteiger partial charge in [0.2, 0.25) is 0 Å². The number of halogens is 3. The number of aromatic nitrogens is 1. The Bertz CT molecular complexity index is 1200. The van der Waals surface area contributed by atoms with Crippen molar-refractivity contribution in [2.24, 2.45) is 0 Å². The van der Waals surface area contributed by atoms with E-state index in [2.05, 4.69) is 11.4 Å². The summed E-state index contributed by atoms with van der Waals surface area (Å²) < 4.78 is 64.5. The minimum absolute atomic E-state index is 0.257. The van der Waals surface area contributed by atoms with Crippen LogP contribution in [0.25, 0.3) is 10.9 Å². The number of hydrogen-bond acceptors (Lipinski definition) is 5. The summed E-state index contributed by atoms with van der Waals surface area (Å²) in [5.41, 5.74) is 2.95. The van der Waals surface area contributed by atoms with Crippen molar-refractivity contribution in [3.63, 3.8) is 0 Å². The van der Waals surface area contributed by atoms with Gasteiger partial charge < -0.3 is 15.2 Å². The van der Waals surface area contributed by atoms with Gasteiger partial charge in [0.1, 0.15) is 5.75 Å². The smallest absolute Gasteiger partial charge is 0.490 e. The number of ether oxygens (including phenoxy) is 1. The predicted octanol–water partition coefficient (Wildman–Crippen LogP) is 3.17. The Hall–Kier alpha value is -3.05. The Kier molecular flexibility index (Phi) is 6.27. The monoisotopic (exact) mass is 456 g/mol. The van der Waals surface area contributed by atoms with Crippen molar-refractivity contribution in [1.29, 1.82) is 0 Å². The number of methoxy groups -OCH3 is 1. The van der Waals surface area contributed by atoms with Crippen LogP contribution in [0.2, 0.25) is 0 Å². The third-order valence-electron chi connectivity index (χ3n) is 4.71. The van der Waals surface area contributed by atoms with E-state index in [1.54, 1.807) is 37.6 Å². The topological polar surface area (TPSA) is 97.6 Å². The lowest BCUT2D eigenvalue weighted by molar-refractivity contribution is -0.192. The molecular formula is C20H19F3N2O5S. The quantitative estimate of drug-likeness (QED) is 0.629. The first-order valence-corrected chi connectivity index (χ1v) is 10.5. The molecule has 0 radical (unpaired) electrons. The Morgan fingerprint density at radius 2 is 1.77 bits per heavy atom. The van der Waals surface area contributed by atoms with Gasteiger partial charge in [-0.2, -0.15) is 13.2 Å². The first kappa shape index (κ1) is 22.6. The average molecular weight is 456 g/mol. The van der Waals surface area contributed by atoms with E-state index < -0.39 is 22.2 Å². The highest BCUT2D eigenvalue weighted by molar-refractivity contribution is 7.90. The number of aliphatic carboxylic acids is 1. The zero-order valence-corrected chi connectivity index (χ0v) is 17.1. The molecule has 2 N–H and O–H groups in total. The summed E-state index contributed by atoms with van der Waals surface area (Å²) in [5.74, 6) is -2.12. The van der Waals surface area contributed by atoms with Gasteiger partial charge in [-0.1, -0.05) is 12.1 Å². The van der Waals surface area contributed by atoms with E-state index in [0.717, 1.165) is 41.5 Å². The van der Waals surface area contributed by atoms with Crippen LogP contribution < -0.4 is 10.1 Å². The molecule has 0 saturated heterocycles. The number of carboxylic acids is 1. The number of rotatable bonds is 3. The van der Waals surface area contributed by atoms with Crippen LogP contribution in [0.4, 0.5) is 13.2 Å². The van der Waals surface area contributed by atoms with Crippen molar-refractivity contribution >= 4 is 26.9 Å². The second kappa shape index (κ2) is 8.60. The summed E-state index contributed by atoms with van der Waals surface area (Å²) in [6.45, 7) is 1.60. The van der Waals surface area contributed by atoms with Gasteiger partial charge in [0.15, 0.2) is 0 Å². The molecule has 2 heterocycles. The Labute approximate surface area is 176 Å². The van der Waals surface area contributed by atoms with Gasteiger partial charge >= 0.3 is 12.1 Å². The van der Waals surface area contributed by atoms with Crippen LogP contribution in [0.15, 0.2) is 53.6 Å². The molecule has 31 heavy (non-hydrogen) atoms. The number of hydrogen-bond donors (Lipinski definition) is 2. The van der Waals surface area contributed by atoms with Crippen molar-refractivity contribution in [2.75, 3.05) is 13.7 Å². The summed E-state index contributed by atoms with van der Waals surface area (Å²) in [5, 5.41) is 11.6. The van der Waals surface area contributed by atoms with Crippen molar-refractivity contribution in [3.8, 4) is 5.75 Å². The molecule has 0 spiro atoms. The normalized spacial score (nSPS) is 13.8. The van der Waals surface area contributed by atoms with Crippen LogP contribution in [0.1, 0.15) is 11.1 Å². The molecule has 0 unspecified atom stereocenters. The molecule has 0 bridgehead atoms. The average Bonchev–Trinajstić information content (AvgIpc) is 2.98. The summed E-state index contributed by atoms with van der Waals surface area (Å²) in [6, 6.07) is 12.3. The molecular weight excluding hydrogens is 437 g/mol. The Morgan fingerprint density at radius 1 is 1.13 bits per heavy atom. The molecule has 0 atom stereocenters. The predicted molar refractivity (Wildman–Crippen MR) is 107 cm³/mol. The number of carboxylic acid groups (broad SMARTS) is 1. The van der Waals surface area contributed by atoms with Gasteiger partial charge in [-0.15, -0.1) is 0 Å². The zero-order chi connectivity index (χ0) is 22.8. The molecule has 2 aromatic carbocycles. The second-order valence-electron chi connectivity index (χ2n) is 6.67. The largest absolute Gasteiger partial charge is 0.497 e. The van der Waals surface area contributed by atoms with E-state index in [9.17, 15) is 21.6 Å².